The number of nitrogens with one attached hydrogen (secondary N) is 2. The zero-order valence-electron chi connectivity index (χ0n) is 3.77. The van der Waals surface area contributed by atoms with Gasteiger partial charge in [-0.3, -0.25) is 0 Å². The first kappa shape index (κ1) is 4.39. The van der Waals surface area contributed by atoms with E-state index >= 15 is 0 Å². The fourth-order valence-corrected chi connectivity index (χ4v) is 0.466. The van der Waals surface area contributed by atoms with Gasteiger partial charge >= 0.3 is 0 Å². The summed E-state index contributed by atoms with van der Waals surface area (Å²) in [6.45, 7) is 1.50. The van der Waals surface area contributed by atoms with Crippen LogP contribution in [0.1, 0.15) is 0 Å². The second-order valence-corrected chi connectivity index (χ2v) is 1.26. The van der Waals surface area contributed by atoms with Gasteiger partial charge in [0.15, 0.2) is 0 Å². The van der Waals surface area contributed by atoms with E-state index in [0.29, 0.717) is 12.5 Å². The molecule has 0 aliphatic carbocycles. The minimum Gasteiger partial charge on any atom is -0.353 e. The molecule has 1 aliphatic heterocycles. The summed E-state index contributed by atoms with van der Waals surface area (Å²) in [5, 5.41) is 12.4. The first-order valence-corrected chi connectivity index (χ1v) is 2.10. The Hall–Kier alpha value is -0.770. The summed E-state index contributed by atoms with van der Waals surface area (Å²) in [6.07, 6.45) is 0. The van der Waals surface area contributed by atoms with Crippen LogP contribution in [0.2, 0.25) is 0 Å². The normalized spacial score (nSPS) is 18.1. The van der Waals surface area contributed by atoms with E-state index in [2.05, 4.69) is 10.3 Å². The molecule has 2 N–H and O–H groups in total. The molecule has 0 saturated carbocycles. The highest BCUT2D eigenvalue weighted by Crippen LogP contribution is 1.77. The number of hydrogen-bond donors (Lipinski definition) is 2. The number of nitrogens with zero attached hydrogens (tertiary/aromatic N) is 1. The van der Waals surface area contributed by atoms with E-state index in [1.165, 1.54) is 0 Å². The van der Waals surface area contributed by atoms with Crippen molar-refractivity contribution in [1.82, 2.24) is 10.8 Å². The highest BCUT2D eigenvalue weighted by atomic mass is 16.5. The fourth-order valence-electron chi connectivity index (χ4n) is 0.466. The molecule has 1 rings (SSSR count). The second-order valence-electron chi connectivity index (χ2n) is 1.26. The van der Waals surface area contributed by atoms with E-state index in [9.17, 15) is 5.21 Å². The lowest BCUT2D eigenvalue weighted by molar-refractivity contribution is 0.130. The number of hydrogen-bond acceptors (Lipinski definition) is 3. The van der Waals surface area contributed by atoms with E-state index < -0.39 is 0 Å². The fraction of sp³-hybridized carbons (Fsp3) is 0.667. The number of rotatable bonds is 0. The Morgan fingerprint density at radius 2 is 2.71 bits per heavy atom. The summed E-state index contributed by atoms with van der Waals surface area (Å²) < 4.78 is 0. The largest absolute Gasteiger partial charge is 0.353 e. The molecule has 7 heavy (non-hydrogen) atoms. The summed E-state index contributed by atoms with van der Waals surface area (Å²) >= 11 is 0. The van der Waals surface area contributed by atoms with E-state index in [-0.39, 0.29) is 0 Å². The van der Waals surface area contributed by atoms with Crippen LogP contribution in [0.15, 0.2) is 4.99 Å². The predicted molar refractivity (Wildman–Crippen MR) is 24.1 cm³/mol. The zero-order chi connectivity index (χ0) is 5.11. The SMILES string of the molecule is [O]NC1=NCCN1. The first-order valence-electron chi connectivity index (χ1n) is 2.10. The van der Waals surface area contributed by atoms with Crippen LogP contribution in [0.4, 0.5) is 0 Å². The molecule has 4 heteroatoms. The molecule has 1 radical (unpaired) electrons. The van der Waals surface area contributed by atoms with Crippen LogP contribution in [0.5, 0.6) is 0 Å². The molecule has 0 aromatic heterocycles. The third-order valence-electron chi connectivity index (χ3n) is 0.771. The van der Waals surface area contributed by atoms with Crippen molar-refractivity contribution in [2.75, 3.05) is 13.1 Å². The van der Waals surface area contributed by atoms with Crippen LogP contribution in [0, 0.1) is 0 Å². The first-order chi connectivity index (χ1) is 3.43. The maximum Gasteiger partial charge on any atom is 0.218 e. The molecular weight excluding hydrogens is 94.1 g/mol. The van der Waals surface area contributed by atoms with Gasteiger partial charge in [-0.15, -0.1) is 0 Å². The van der Waals surface area contributed by atoms with Crippen molar-refractivity contribution in [3.8, 4) is 0 Å². The molecular formula is C3H6N3O. The van der Waals surface area contributed by atoms with Crippen molar-refractivity contribution >= 4 is 5.96 Å². The smallest absolute Gasteiger partial charge is 0.218 e. The molecule has 0 spiro atoms. The number of guanidine groups is 1. The molecule has 1 heterocycles. The Bertz CT molecular complexity index is 90.2. The van der Waals surface area contributed by atoms with Crippen LogP contribution in [-0.2, 0) is 5.21 Å². The number of aliphatic imine (C=N–C) groups is 1. The molecule has 0 atom stereocenters. The summed E-state index contributed by atoms with van der Waals surface area (Å²) in [4.78, 5) is 3.74. The molecule has 0 amide bonds. The highest BCUT2D eigenvalue weighted by molar-refractivity contribution is 5.79. The molecule has 39 valence electrons. The van der Waals surface area contributed by atoms with Gasteiger partial charge in [-0.2, -0.15) is 0 Å². The lowest BCUT2D eigenvalue weighted by atomic mass is 10.7. The van der Waals surface area contributed by atoms with Crippen molar-refractivity contribution in [2.24, 2.45) is 4.99 Å². The molecule has 0 unspecified atom stereocenters. The van der Waals surface area contributed by atoms with Gasteiger partial charge in [0, 0.05) is 6.54 Å². The lowest BCUT2D eigenvalue weighted by Crippen LogP contribution is -2.29. The van der Waals surface area contributed by atoms with Crippen molar-refractivity contribution in [2.45, 2.75) is 0 Å². The highest BCUT2D eigenvalue weighted by Gasteiger charge is 2.00. The average Bonchev–Trinajstić information content (AvgIpc) is 2.14. The van der Waals surface area contributed by atoms with Crippen molar-refractivity contribution in [3.63, 3.8) is 0 Å². The molecule has 0 saturated heterocycles. The monoisotopic (exact) mass is 100 g/mol. The standard InChI is InChI=1S/C3H6N3O/c7-6-3-4-1-2-5-3/h1-2H2,(H2,4,5,6). The molecule has 4 nitrogen and oxygen atoms in total. The van der Waals surface area contributed by atoms with Crippen molar-refractivity contribution in [3.05, 3.63) is 0 Å². The Morgan fingerprint density at radius 3 is 3.00 bits per heavy atom. The van der Waals surface area contributed by atoms with E-state index in [1.807, 2.05) is 0 Å². The maximum absolute atomic E-state index is 9.69. The number of hydroxylamine groups is 1. The molecule has 0 bridgehead atoms. The Labute approximate surface area is 41.2 Å². The summed E-state index contributed by atoms with van der Waals surface area (Å²) in [5.74, 6) is 0.361. The van der Waals surface area contributed by atoms with Gasteiger partial charge in [0.2, 0.25) is 5.96 Å². The van der Waals surface area contributed by atoms with Gasteiger partial charge in [-0.05, 0) is 0 Å². The second kappa shape index (κ2) is 1.79. The summed E-state index contributed by atoms with van der Waals surface area (Å²) in [5.41, 5.74) is 1.65. The van der Waals surface area contributed by atoms with E-state index in [0.717, 1.165) is 6.54 Å². The quantitative estimate of drug-likeness (QED) is 0.379. The molecule has 0 aromatic rings. The predicted octanol–water partition coefficient (Wildman–Crippen LogP) is -1.12. The molecule has 0 fully saturated rings. The van der Waals surface area contributed by atoms with Gasteiger partial charge in [-0.25, -0.2) is 10.5 Å². The van der Waals surface area contributed by atoms with Crippen LogP contribution in [0.3, 0.4) is 0 Å². The van der Waals surface area contributed by atoms with Crippen molar-refractivity contribution in [1.29, 1.82) is 0 Å². The molecule has 0 aromatic carbocycles. The van der Waals surface area contributed by atoms with Gasteiger partial charge in [0.05, 0.1) is 6.54 Å². The van der Waals surface area contributed by atoms with Crippen LogP contribution >= 0.6 is 0 Å². The average molecular weight is 100 g/mol. The van der Waals surface area contributed by atoms with Gasteiger partial charge in [0.25, 0.3) is 0 Å². The third-order valence-corrected chi connectivity index (χ3v) is 0.771. The third kappa shape index (κ3) is 0.806. The minimum absolute atomic E-state index is 0.361. The lowest BCUT2D eigenvalue weighted by Gasteiger charge is -1.91. The minimum atomic E-state index is 0.361. The van der Waals surface area contributed by atoms with E-state index in [4.69, 9.17) is 0 Å². The van der Waals surface area contributed by atoms with Gasteiger partial charge < -0.3 is 5.32 Å². The zero-order valence-corrected chi connectivity index (χ0v) is 3.77. The Morgan fingerprint density at radius 1 is 1.86 bits per heavy atom. The van der Waals surface area contributed by atoms with Gasteiger partial charge in [0.1, 0.15) is 0 Å². The van der Waals surface area contributed by atoms with Crippen LogP contribution in [0.25, 0.3) is 0 Å². The van der Waals surface area contributed by atoms with Crippen LogP contribution in [-0.4, -0.2) is 19.0 Å². The topological polar surface area (TPSA) is 56.3 Å². The van der Waals surface area contributed by atoms with Crippen molar-refractivity contribution < 1.29 is 5.21 Å². The Kier molecular flexibility index (Phi) is 1.12. The van der Waals surface area contributed by atoms with Crippen LogP contribution < -0.4 is 10.8 Å². The molecule has 1 aliphatic rings. The van der Waals surface area contributed by atoms with E-state index in [1.54, 1.807) is 5.48 Å². The Balaban J connectivity index is 2.36. The maximum atomic E-state index is 9.69. The summed E-state index contributed by atoms with van der Waals surface area (Å²) in [7, 11) is 0. The van der Waals surface area contributed by atoms with Gasteiger partial charge in [-0.1, -0.05) is 5.21 Å². The summed E-state index contributed by atoms with van der Waals surface area (Å²) in [6, 6.07) is 0.